The van der Waals surface area contributed by atoms with Crippen LogP contribution in [0.15, 0.2) is 60.4 Å². The molecule has 0 bridgehead atoms. The zero-order valence-electron chi connectivity index (χ0n) is 17.9. The number of hydrogen-bond acceptors (Lipinski definition) is 3. The molecule has 30 heavy (non-hydrogen) atoms. The maximum atomic E-state index is 12.9. The molecule has 3 aromatic carbocycles. The van der Waals surface area contributed by atoms with E-state index in [1.165, 1.54) is 16.7 Å². The Morgan fingerprint density at radius 2 is 1.70 bits per heavy atom. The van der Waals surface area contributed by atoms with Gasteiger partial charge < -0.3 is 9.47 Å². The van der Waals surface area contributed by atoms with Gasteiger partial charge in [0, 0.05) is 6.07 Å². The maximum Gasteiger partial charge on any atom is 0.232 e. The van der Waals surface area contributed by atoms with Crippen molar-refractivity contribution in [2.24, 2.45) is 0 Å². The normalized spacial score (nSPS) is 14.0. The number of rotatable bonds is 5. The lowest BCUT2D eigenvalue weighted by molar-refractivity contribution is 0.101. The number of ether oxygens (including phenoxy) is 2. The summed E-state index contributed by atoms with van der Waals surface area (Å²) in [4.78, 5) is 12.9. The Morgan fingerprint density at radius 3 is 2.43 bits per heavy atom. The van der Waals surface area contributed by atoms with E-state index in [4.69, 9.17) is 9.47 Å². The summed E-state index contributed by atoms with van der Waals surface area (Å²) in [7, 11) is 0. The zero-order valence-corrected chi connectivity index (χ0v) is 17.9. The van der Waals surface area contributed by atoms with E-state index < -0.39 is 0 Å². The summed E-state index contributed by atoms with van der Waals surface area (Å²) in [6, 6.07) is 18.2. The molecule has 1 aliphatic heterocycles. The number of benzene rings is 3. The van der Waals surface area contributed by atoms with E-state index in [-0.39, 0.29) is 5.78 Å². The van der Waals surface area contributed by atoms with Crippen molar-refractivity contribution in [3.05, 3.63) is 99.3 Å². The van der Waals surface area contributed by atoms with Gasteiger partial charge in [0.1, 0.15) is 18.1 Å². The number of allylic oxidation sites excluding steroid dienone is 1. The third-order valence-electron chi connectivity index (χ3n) is 5.53. The topological polar surface area (TPSA) is 35.5 Å². The van der Waals surface area contributed by atoms with Crippen molar-refractivity contribution < 1.29 is 14.3 Å². The first-order valence-corrected chi connectivity index (χ1v) is 10.3. The average molecular weight is 399 g/mol. The number of carbonyl (C=O) groups is 1. The molecule has 1 aliphatic rings. The zero-order chi connectivity index (χ0) is 21.3. The molecule has 1 heterocycles. The molecule has 0 radical (unpaired) electrons. The quantitative estimate of drug-likeness (QED) is 0.469. The molecule has 3 nitrogen and oxygen atoms in total. The van der Waals surface area contributed by atoms with Crippen LogP contribution >= 0.6 is 0 Å². The second kappa shape index (κ2) is 8.19. The number of hydrogen-bond donors (Lipinski definition) is 0. The first kappa shape index (κ1) is 20.0. The highest BCUT2D eigenvalue weighted by Gasteiger charge is 2.30. The molecule has 0 N–H and O–H groups in total. The van der Waals surface area contributed by atoms with Crippen LogP contribution in [0.5, 0.6) is 11.5 Å². The fourth-order valence-electron chi connectivity index (χ4n) is 3.68. The number of Topliss-reactive ketones (excluding diaryl/α,β-unsaturated/α-hetero) is 1. The largest absolute Gasteiger partial charge is 0.489 e. The van der Waals surface area contributed by atoms with Crippen molar-refractivity contribution in [1.29, 1.82) is 0 Å². The summed E-state index contributed by atoms with van der Waals surface area (Å²) in [5.74, 6) is 1.54. The molecule has 0 atom stereocenters. The fraction of sp³-hybridized carbons (Fsp3) is 0.222. The van der Waals surface area contributed by atoms with Gasteiger partial charge in [0.2, 0.25) is 5.78 Å². The van der Waals surface area contributed by atoms with Gasteiger partial charge in [-0.1, -0.05) is 55.0 Å². The Balaban J connectivity index is 1.56. The van der Waals surface area contributed by atoms with E-state index in [1.807, 2.05) is 31.2 Å². The van der Waals surface area contributed by atoms with Crippen LogP contribution < -0.4 is 9.47 Å². The Kier molecular flexibility index (Phi) is 5.45. The minimum absolute atomic E-state index is 0.0804. The molecule has 3 heteroatoms. The maximum absolute atomic E-state index is 12.9. The highest BCUT2D eigenvalue weighted by molar-refractivity contribution is 6.15. The molecule has 152 valence electrons. The molecule has 0 aromatic heterocycles. The number of aryl methyl sites for hydroxylation is 4. The Labute approximate surface area is 178 Å². The van der Waals surface area contributed by atoms with E-state index in [0.717, 1.165) is 23.1 Å². The molecular formula is C27H26O3. The first-order chi connectivity index (χ1) is 14.4. The smallest absolute Gasteiger partial charge is 0.232 e. The summed E-state index contributed by atoms with van der Waals surface area (Å²) in [5.41, 5.74) is 7.25. The van der Waals surface area contributed by atoms with Gasteiger partial charge in [-0.05, 0) is 67.2 Å². The van der Waals surface area contributed by atoms with Crippen molar-refractivity contribution in [2.45, 2.75) is 40.7 Å². The third-order valence-corrected chi connectivity index (χ3v) is 5.53. The molecular weight excluding hydrogens is 372 g/mol. The van der Waals surface area contributed by atoms with Crippen molar-refractivity contribution >= 4 is 11.9 Å². The summed E-state index contributed by atoms with van der Waals surface area (Å²) in [5, 5.41) is 0. The van der Waals surface area contributed by atoms with Crippen LogP contribution in [0, 0.1) is 20.8 Å². The Morgan fingerprint density at radius 1 is 0.933 bits per heavy atom. The lowest BCUT2D eigenvalue weighted by Crippen LogP contribution is -2.01. The van der Waals surface area contributed by atoms with Gasteiger partial charge in [0.15, 0.2) is 5.76 Å². The fourth-order valence-corrected chi connectivity index (χ4v) is 3.68. The molecule has 0 spiro atoms. The van der Waals surface area contributed by atoms with Crippen LogP contribution in [0.1, 0.15) is 50.7 Å². The van der Waals surface area contributed by atoms with Crippen molar-refractivity contribution in [2.75, 3.05) is 0 Å². The summed E-state index contributed by atoms with van der Waals surface area (Å²) in [6.45, 7) is 8.68. The van der Waals surface area contributed by atoms with Crippen LogP contribution in [0.3, 0.4) is 0 Å². The van der Waals surface area contributed by atoms with Crippen LogP contribution in [-0.2, 0) is 13.0 Å². The highest BCUT2D eigenvalue weighted by Crippen LogP contribution is 2.37. The van der Waals surface area contributed by atoms with Gasteiger partial charge in [-0.25, -0.2) is 0 Å². The van der Waals surface area contributed by atoms with Gasteiger partial charge in [0.25, 0.3) is 0 Å². The molecule has 0 unspecified atom stereocenters. The molecule has 0 saturated carbocycles. The third kappa shape index (κ3) is 4.02. The van der Waals surface area contributed by atoms with E-state index in [2.05, 4.69) is 51.1 Å². The molecule has 3 aromatic rings. The minimum atomic E-state index is -0.0804. The second-order valence-corrected chi connectivity index (χ2v) is 7.87. The van der Waals surface area contributed by atoms with Gasteiger partial charge in [-0.3, -0.25) is 4.79 Å². The summed E-state index contributed by atoms with van der Waals surface area (Å²) in [6.07, 6.45) is 2.79. The first-order valence-electron chi connectivity index (χ1n) is 10.3. The van der Waals surface area contributed by atoms with Gasteiger partial charge in [-0.15, -0.1) is 0 Å². The lowest BCUT2D eigenvalue weighted by atomic mass is 10.0. The van der Waals surface area contributed by atoms with E-state index in [1.54, 1.807) is 6.08 Å². The molecule has 0 fully saturated rings. The lowest BCUT2D eigenvalue weighted by Gasteiger charge is -2.11. The predicted molar refractivity (Wildman–Crippen MR) is 120 cm³/mol. The SMILES string of the molecule is CCc1ccc(/C=C2\Oc3cc(OCc4cc(C)ccc4C)cc(C)c3C2=O)cc1. The second-order valence-electron chi connectivity index (χ2n) is 7.87. The predicted octanol–water partition coefficient (Wildman–Crippen LogP) is 6.37. The van der Waals surface area contributed by atoms with Crippen molar-refractivity contribution in [3.8, 4) is 11.5 Å². The summed E-state index contributed by atoms with van der Waals surface area (Å²) >= 11 is 0. The van der Waals surface area contributed by atoms with E-state index in [0.29, 0.717) is 29.4 Å². The highest BCUT2D eigenvalue weighted by atomic mass is 16.5. The van der Waals surface area contributed by atoms with E-state index in [9.17, 15) is 4.79 Å². The van der Waals surface area contributed by atoms with Crippen LogP contribution in [0.4, 0.5) is 0 Å². The molecule has 4 rings (SSSR count). The van der Waals surface area contributed by atoms with Gasteiger partial charge >= 0.3 is 0 Å². The average Bonchev–Trinajstić information content (AvgIpc) is 3.05. The van der Waals surface area contributed by atoms with Crippen molar-refractivity contribution in [1.82, 2.24) is 0 Å². The molecule has 0 aliphatic carbocycles. The Hall–Kier alpha value is -3.33. The molecule has 0 amide bonds. The molecule has 0 saturated heterocycles. The van der Waals surface area contributed by atoms with Crippen molar-refractivity contribution in [3.63, 3.8) is 0 Å². The number of fused-ring (bicyclic) bond motifs is 1. The van der Waals surface area contributed by atoms with Crippen LogP contribution in [0.2, 0.25) is 0 Å². The van der Waals surface area contributed by atoms with E-state index >= 15 is 0 Å². The minimum Gasteiger partial charge on any atom is -0.489 e. The standard InChI is InChI=1S/C27H26O3/c1-5-20-8-10-21(11-9-20)14-25-27(28)26-19(4)13-23(15-24(26)30-25)29-16-22-12-17(2)6-7-18(22)3/h6-15H,5,16H2,1-4H3/b25-14-. The monoisotopic (exact) mass is 398 g/mol. The van der Waals surface area contributed by atoms with Gasteiger partial charge in [-0.2, -0.15) is 0 Å². The number of ketones is 1. The number of carbonyl (C=O) groups excluding carboxylic acids is 1. The summed E-state index contributed by atoms with van der Waals surface area (Å²) < 4.78 is 12.0. The van der Waals surface area contributed by atoms with Crippen LogP contribution in [0.25, 0.3) is 6.08 Å². The Bertz CT molecular complexity index is 1140. The van der Waals surface area contributed by atoms with Crippen LogP contribution in [-0.4, -0.2) is 5.78 Å². The van der Waals surface area contributed by atoms with Gasteiger partial charge in [0.05, 0.1) is 5.56 Å².